The largest absolute Gasteiger partial charge is 0.377 e. The fraction of sp³-hybridized carbons (Fsp3) is 0.600. The van der Waals surface area contributed by atoms with E-state index < -0.39 is 29.0 Å². The molecule has 0 aliphatic heterocycles. The summed E-state index contributed by atoms with van der Waals surface area (Å²) in [6.45, 7) is 4.09. The SMILES string of the molecule is CC(C)C1CCCCC1Nc1c(F)c(F)cc(F)c1F. The van der Waals surface area contributed by atoms with Crippen molar-refractivity contribution in [3.63, 3.8) is 0 Å². The average molecular weight is 289 g/mol. The Morgan fingerprint density at radius 2 is 1.55 bits per heavy atom. The van der Waals surface area contributed by atoms with Gasteiger partial charge in [-0.2, -0.15) is 0 Å². The van der Waals surface area contributed by atoms with Crippen molar-refractivity contribution in [3.8, 4) is 0 Å². The summed E-state index contributed by atoms with van der Waals surface area (Å²) in [5.74, 6) is -4.85. The third-order valence-corrected chi connectivity index (χ3v) is 4.12. The van der Waals surface area contributed by atoms with Gasteiger partial charge in [0.1, 0.15) is 5.69 Å². The van der Waals surface area contributed by atoms with Crippen molar-refractivity contribution in [1.29, 1.82) is 0 Å². The van der Waals surface area contributed by atoms with E-state index in [4.69, 9.17) is 0 Å². The number of hydrogen-bond donors (Lipinski definition) is 1. The van der Waals surface area contributed by atoms with E-state index in [1.807, 2.05) is 13.8 Å². The lowest BCUT2D eigenvalue weighted by molar-refractivity contribution is 0.252. The van der Waals surface area contributed by atoms with Crippen LogP contribution >= 0.6 is 0 Å². The summed E-state index contributed by atoms with van der Waals surface area (Å²) in [6, 6.07) is 0.0744. The normalized spacial score (nSPS) is 23.1. The first-order valence-corrected chi connectivity index (χ1v) is 7.01. The van der Waals surface area contributed by atoms with Gasteiger partial charge in [-0.15, -0.1) is 0 Å². The Balaban J connectivity index is 2.29. The average Bonchev–Trinajstić information content (AvgIpc) is 2.41. The number of nitrogens with one attached hydrogen (secondary N) is 1. The van der Waals surface area contributed by atoms with E-state index >= 15 is 0 Å². The van der Waals surface area contributed by atoms with Crippen LogP contribution in [0, 0.1) is 35.1 Å². The fourth-order valence-electron chi connectivity index (χ4n) is 3.02. The van der Waals surface area contributed by atoms with Crippen molar-refractivity contribution >= 4 is 5.69 Å². The maximum atomic E-state index is 13.7. The van der Waals surface area contributed by atoms with Crippen LogP contribution < -0.4 is 5.32 Å². The smallest absolute Gasteiger partial charge is 0.185 e. The van der Waals surface area contributed by atoms with Crippen molar-refractivity contribution in [2.24, 2.45) is 11.8 Å². The lowest BCUT2D eigenvalue weighted by atomic mass is 9.77. The van der Waals surface area contributed by atoms with Crippen molar-refractivity contribution in [3.05, 3.63) is 29.3 Å². The molecule has 1 saturated carbocycles. The Kier molecular flexibility index (Phi) is 4.55. The minimum absolute atomic E-state index is 0.158. The number of halogens is 4. The molecule has 0 aromatic heterocycles. The lowest BCUT2D eigenvalue weighted by Gasteiger charge is -2.35. The summed E-state index contributed by atoms with van der Waals surface area (Å²) in [6.07, 6.45) is 3.72. The van der Waals surface area contributed by atoms with Crippen molar-refractivity contribution in [1.82, 2.24) is 0 Å². The fourth-order valence-corrected chi connectivity index (χ4v) is 3.02. The monoisotopic (exact) mass is 289 g/mol. The van der Waals surface area contributed by atoms with Crippen LogP contribution in [0.4, 0.5) is 23.2 Å². The molecule has 1 aromatic rings. The van der Waals surface area contributed by atoms with E-state index in [2.05, 4.69) is 5.32 Å². The summed E-state index contributed by atoms with van der Waals surface area (Å²) in [7, 11) is 0. The Morgan fingerprint density at radius 3 is 2.10 bits per heavy atom. The molecule has 0 bridgehead atoms. The van der Waals surface area contributed by atoms with Gasteiger partial charge in [0.2, 0.25) is 0 Å². The van der Waals surface area contributed by atoms with Gasteiger partial charge in [-0.25, -0.2) is 17.6 Å². The molecule has 0 saturated heterocycles. The highest BCUT2D eigenvalue weighted by Crippen LogP contribution is 2.34. The van der Waals surface area contributed by atoms with Crippen molar-refractivity contribution in [2.45, 2.75) is 45.6 Å². The van der Waals surface area contributed by atoms with E-state index in [1.54, 1.807) is 0 Å². The molecule has 0 amide bonds. The summed E-state index contributed by atoms with van der Waals surface area (Å²) in [5, 5.41) is 2.70. The van der Waals surface area contributed by atoms with Crippen LogP contribution in [0.25, 0.3) is 0 Å². The first-order chi connectivity index (χ1) is 9.41. The number of benzene rings is 1. The van der Waals surface area contributed by atoms with Crippen LogP contribution in [-0.2, 0) is 0 Å². The van der Waals surface area contributed by atoms with E-state index in [1.165, 1.54) is 0 Å². The summed E-state index contributed by atoms with van der Waals surface area (Å²) < 4.78 is 53.8. The van der Waals surface area contributed by atoms with Gasteiger partial charge in [-0.3, -0.25) is 0 Å². The summed E-state index contributed by atoms with van der Waals surface area (Å²) in [5.41, 5.74) is -0.681. The maximum Gasteiger partial charge on any atom is 0.185 e. The van der Waals surface area contributed by atoms with E-state index in [-0.39, 0.29) is 18.0 Å². The molecule has 112 valence electrons. The number of rotatable bonds is 3. The van der Waals surface area contributed by atoms with Gasteiger partial charge in [0, 0.05) is 12.1 Å². The zero-order chi connectivity index (χ0) is 14.9. The van der Waals surface area contributed by atoms with E-state index in [0.29, 0.717) is 5.92 Å². The predicted octanol–water partition coefficient (Wildman–Crippen LogP) is 4.87. The van der Waals surface area contributed by atoms with Gasteiger partial charge in [0.25, 0.3) is 0 Å². The van der Waals surface area contributed by atoms with Crippen LogP contribution in [0.1, 0.15) is 39.5 Å². The second-order valence-electron chi connectivity index (χ2n) is 5.79. The Hall–Kier alpha value is -1.26. The van der Waals surface area contributed by atoms with Crippen LogP contribution in [0.2, 0.25) is 0 Å². The molecule has 2 unspecified atom stereocenters. The van der Waals surface area contributed by atoms with Gasteiger partial charge < -0.3 is 5.32 Å². The Morgan fingerprint density at radius 1 is 1.00 bits per heavy atom. The minimum atomic E-state index is -1.37. The Labute approximate surface area is 116 Å². The predicted molar refractivity (Wildman–Crippen MR) is 70.5 cm³/mol. The first kappa shape index (κ1) is 15.1. The zero-order valence-corrected chi connectivity index (χ0v) is 11.6. The zero-order valence-electron chi connectivity index (χ0n) is 11.6. The highest BCUT2D eigenvalue weighted by molar-refractivity contribution is 5.48. The standard InChI is InChI=1S/C15H19F4N/c1-8(2)9-5-3-4-6-12(9)20-15-13(18)10(16)7-11(17)14(15)19/h7-9,12,20H,3-6H2,1-2H3. The van der Waals surface area contributed by atoms with Gasteiger partial charge in [0.05, 0.1) is 0 Å². The third kappa shape index (κ3) is 2.91. The molecule has 20 heavy (non-hydrogen) atoms. The third-order valence-electron chi connectivity index (χ3n) is 4.12. The molecular formula is C15H19F4N. The molecule has 5 heteroatoms. The molecular weight excluding hydrogens is 270 g/mol. The minimum Gasteiger partial charge on any atom is -0.377 e. The number of hydrogen-bond acceptors (Lipinski definition) is 1. The number of anilines is 1. The Bertz CT molecular complexity index is 461. The molecule has 0 heterocycles. The van der Waals surface area contributed by atoms with Crippen LogP contribution in [0.5, 0.6) is 0 Å². The maximum absolute atomic E-state index is 13.7. The van der Waals surface area contributed by atoms with Gasteiger partial charge in [-0.1, -0.05) is 26.7 Å². The molecule has 2 atom stereocenters. The molecule has 1 aromatic carbocycles. The molecule has 0 spiro atoms. The van der Waals surface area contributed by atoms with Gasteiger partial charge in [0.15, 0.2) is 23.3 Å². The van der Waals surface area contributed by atoms with Crippen LogP contribution in [0.15, 0.2) is 6.07 Å². The molecule has 0 radical (unpaired) electrons. The molecule has 1 nitrogen and oxygen atoms in total. The van der Waals surface area contributed by atoms with E-state index in [0.717, 1.165) is 25.7 Å². The molecule has 1 aliphatic rings. The van der Waals surface area contributed by atoms with Gasteiger partial charge >= 0.3 is 0 Å². The van der Waals surface area contributed by atoms with Gasteiger partial charge in [-0.05, 0) is 24.7 Å². The highest BCUT2D eigenvalue weighted by Gasteiger charge is 2.30. The highest BCUT2D eigenvalue weighted by atomic mass is 19.2. The first-order valence-electron chi connectivity index (χ1n) is 7.01. The molecule has 1 aliphatic carbocycles. The quantitative estimate of drug-likeness (QED) is 0.618. The molecule has 1 fully saturated rings. The molecule has 2 rings (SSSR count). The van der Waals surface area contributed by atoms with Crippen LogP contribution in [0.3, 0.4) is 0 Å². The summed E-state index contributed by atoms with van der Waals surface area (Å²) in [4.78, 5) is 0. The second kappa shape index (κ2) is 6.02. The topological polar surface area (TPSA) is 12.0 Å². The van der Waals surface area contributed by atoms with E-state index in [9.17, 15) is 17.6 Å². The lowest BCUT2D eigenvalue weighted by Crippen LogP contribution is -2.36. The molecule has 1 N–H and O–H groups in total. The van der Waals surface area contributed by atoms with Crippen molar-refractivity contribution in [2.75, 3.05) is 5.32 Å². The van der Waals surface area contributed by atoms with Crippen LogP contribution in [-0.4, -0.2) is 6.04 Å². The summed E-state index contributed by atoms with van der Waals surface area (Å²) >= 11 is 0. The van der Waals surface area contributed by atoms with Crippen molar-refractivity contribution < 1.29 is 17.6 Å². The second-order valence-corrected chi connectivity index (χ2v) is 5.79.